The smallest absolute Gasteiger partial charge is 0.221 e. The molecule has 5 nitrogen and oxygen atoms in total. The predicted octanol–water partition coefficient (Wildman–Crippen LogP) is 4.45. The van der Waals surface area contributed by atoms with Crippen LogP contribution in [0.3, 0.4) is 0 Å². The molecule has 0 amide bonds. The number of ketones is 1. The summed E-state index contributed by atoms with van der Waals surface area (Å²) in [7, 11) is -3.65. The maximum Gasteiger partial charge on any atom is 0.221 e. The van der Waals surface area contributed by atoms with E-state index in [1.165, 1.54) is 16.1 Å². The molecule has 2 aromatic rings. The van der Waals surface area contributed by atoms with Gasteiger partial charge in [-0.05, 0) is 82.2 Å². The van der Waals surface area contributed by atoms with Crippen LogP contribution in [0.1, 0.15) is 35.2 Å². The van der Waals surface area contributed by atoms with E-state index in [0.717, 1.165) is 30.1 Å². The van der Waals surface area contributed by atoms with Crippen molar-refractivity contribution >= 4 is 39.2 Å². The van der Waals surface area contributed by atoms with Crippen LogP contribution < -0.4 is 0 Å². The van der Waals surface area contributed by atoms with Gasteiger partial charge in [-0.25, -0.2) is 8.42 Å². The average molecular weight is 479 g/mol. The van der Waals surface area contributed by atoms with E-state index in [0.29, 0.717) is 29.8 Å². The monoisotopic (exact) mass is 478 g/mol. The average Bonchev–Trinajstić information content (AvgIpc) is 2.79. The predicted molar refractivity (Wildman–Crippen MR) is 126 cm³/mol. The Bertz CT molecular complexity index is 1020. The van der Waals surface area contributed by atoms with Gasteiger partial charge in [-0.2, -0.15) is 4.31 Å². The Morgan fingerprint density at radius 3 is 2.19 bits per heavy atom. The second-order valence-electron chi connectivity index (χ2n) is 8.41. The minimum atomic E-state index is -3.65. The molecule has 0 N–H and O–H groups in total. The quantitative estimate of drug-likeness (QED) is 0.318. The lowest BCUT2D eigenvalue weighted by atomic mass is 9.87. The van der Waals surface area contributed by atoms with Crippen LogP contribution in [0.4, 0.5) is 0 Å². The van der Waals surface area contributed by atoms with Gasteiger partial charge in [0, 0.05) is 15.5 Å². The van der Waals surface area contributed by atoms with Crippen molar-refractivity contribution < 1.29 is 13.2 Å². The van der Waals surface area contributed by atoms with E-state index in [1.807, 2.05) is 31.2 Å². The van der Waals surface area contributed by atoms with Gasteiger partial charge in [-0.15, -0.1) is 11.8 Å². The van der Waals surface area contributed by atoms with Gasteiger partial charge in [0.05, 0.1) is 17.2 Å². The fraction of sp³-hybridized carbons (Fsp3) is 0.435. The molecule has 2 aromatic carbocycles. The summed E-state index contributed by atoms with van der Waals surface area (Å²) in [5.41, 5.74) is 1.63. The van der Waals surface area contributed by atoms with Crippen LogP contribution in [0.2, 0.25) is 5.02 Å². The first kappa shape index (κ1) is 22.8. The van der Waals surface area contributed by atoms with Crippen molar-refractivity contribution in [3.63, 3.8) is 0 Å². The number of sulfonamides is 1. The highest BCUT2D eigenvalue weighted by Crippen LogP contribution is 2.41. The van der Waals surface area contributed by atoms with Crippen molar-refractivity contribution in [3.8, 4) is 0 Å². The molecule has 0 aliphatic carbocycles. The molecule has 0 spiro atoms. The number of piperidine rings is 3. The number of fused-ring (bicyclic) bond motifs is 3. The van der Waals surface area contributed by atoms with E-state index >= 15 is 0 Å². The molecular formula is C23H27ClN2O3S2. The van der Waals surface area contributed by atoms with Gasteiger partial charge in [-0.3, -0.25) is 4.79 Å². The molecule has 0 unspecified atom stereocenters. The van der Waals surface area contributed by atoms with Gasteiger partial charge >= 0.3 is 0 Å². The molecule has 3 fully saturated rings. The van der Waals surface area contributed by atoms with Gasteiger partial charge in [0.1, 0.15) is 0 Å². The SMILES string of the molecule is Cc1ccc(SCN(CC(=O)c2ccc(Cl)cc2)S(=O)(=O)C23CCN(CC2)CC3)cc1. The van der Waals surface area contributed by atoms with Crippen LogP contribution in [0, 0.1) is 6.92 Å². The van der Waals surface area contributed by atoms with Gasteiger partial charge < -0.3 is 4.90 Å². The number of aryl methyl sites for hydroxylation is 1. The number of Topliss-reactive ketones (excluding diaryl/α,β-unsaturated/α-hetero) is 1. The van der Waals surface area contributed by atoms with Gasteiger partial charge in [0.15, 0.2) is 5.78 Å². The van der Waals surface area contributed by atoms with E-state index in [1.54, 1.807) is 24.3 Å². The third kappa shape index (κ3) is 4.86. The molecule has 3 saturated heterocycles. The number of carbonyl (C=O) groups is 1. The van der Waals surface area contributed by atoms with Crippen molar-refractivity contribution in [1.29, 1.82) is 0 Å². The third-order valence-electron chi connectivity index (χ3n) is 6.42. The molecule has 8 heteroatoms. The van der Waals surface area contributed by atoms with Crippen LogP contribution in [0.15, 0.2) is 53.4 Å². The van der Waals surface area contributed by atoms with E-state index in [2.05, 4.69) is 4.90 Å². The zero-order valence-electron chi connectivity index (χ0n) is 17.6. The number of thioether (sulfide) groups is 1. The Morgan fingerprint density at radius 2 is 1.61 bits per heavy atom. The number of benzene rings is 2. The van der Waals surface area contributed by atoms with Gasteiger partial charge in [0.2, 0.25) is 10.0 Å². The van der Waals surface area contributed by atoms with Crippen molar-refractivity contribution in [2.75, 3.05) is 32.1 Å². The minimum Gasteiger partial charge on any atom is -0.303 e. The Balaban J connectivity index is 1.58. The van der Waals surface area contributed by atoms with Crippen LogP contribution in [-0.2, 0) is 10.0 Å². The summed E-state index contributed by atoms with van der Waals surface area (Å²) in [5.74, 6) is 0.00492. The number of hydrogen-bond acceptors (Lipinski definition) is 5. The van der Waals surface area contributed by atoms with Crippen LogP contribution in [-0.4, -0.2) is 60.2 Å². The number of carbonyl (C=O) groups excluding carboxylic acids is 1. The topological polar surface area (TPSA) is 57.7 Å². The second-order valence-corrected chi connectivity index (χ2v) is 12.2. The Kier molecular flexibility index (Phi) is 6.79. The molecule has 0 atom stereocenters. The lowest BCUT2D eigenvalue weighted by molar-refractivity contribution is 0.0962. The summed E-state index contributed by atoms with van der Waals surface area (Å²) in [6.45, 7) is 4.29. The summed E-state index contributed by atoms with van der Waals surface area (Å²) in [6.07, 6.45) is 1.91. The van der Waals surface area contributed by atoms with Crippen molar-refractivity contribution in [1.82, 2.24) is 9.21 Å². The molecule has 166 valence electrons. The van der Waals surface area contributed by atoms with Gasteiger partial charge in [-0.1, -0.05) is 29.3 Å². The maximum atomic E-state index is 13.9. The summed E-state index contributed by atoms with van der Waals surface area (Å²) < 4.78 is 28.4. The highest BCUT2D eigenvalue weighted by atomic mass is 35.5. The van der Waals surface area contributed by atoms with Crippen LogP contribution in [0.5, 0.6) is 0 Å². The molecule has 3 aliphatic rings. The number of hydrogen-bond donors (Lipinski definition) is 0. The largest absolute Gasteiger partial charge is 0.303 e. The molecule has 3 aliphatic heterocycles. The first-order valence-electron chi connectivity index (χ1n) is 10.5. The lowest BCUT2D eigenvalue weighted by Crippen LogP contribution is -2.60. The maximum absolute atomic E-state index is 13.9. The Labute approximate surface area is 193 Å². The summed E-state index contributed by atoms with van der Waals surface area (Å²) >= 11 is 7.39. The highest BCUT2D eigenvalue weighted by Gasteiger charge is 2.51. The van der Waals surface area contributed by atoms with E-state index in [-0.39, 0.29) is 18.2 Å². The second kappa shape index (κ2) is 9.24. The van der Waals surface area contributed by atoms with E-state index in [4.69, 9.17) is 11.6 Å². The molecule has 5 rings (SSSR count). The molecule has 31 heavy (non-hydrogen) atoms. The minimum absolute atomic E-state index is 0.158. The lowest BCUT2D eigenvalue weighted by Gasteiger charge is -2.49. The fourth-order valence-corrected chi connectivity index (χ4v) is 7.76. The van der Waals surface area contributed by atoms with Crippen LogP contribution in [0.25, 0.3) is 0 Å². The first-order valence-corrected chi connectivity index (χ1v) is 13.3. The van der Waals surface area contributed by atoms with Crippen LogP contribution >= 0.6 is 23.4 Å². The molecule has 2 bridgehead atoms. The number of halogens is 1. The first-order chi connectivity index (χ1) is 14.8. The number of rotatable bonds is 8. The van der Waals surface area contributed by atoms with Crippen molar-refractivity contribution in [2.45, 2.75) is 35.8 Å². The Morgan fingerprint density at radius 1 is 1.03 bits per heavy atom. The highest BCUT2D eigenvalue weighted by molar-refractivity contribution is 8.00. The van der Waals surface area contributed by atoms with E-state index in [9.17, 15) is 13.2 Å². The van der Waals surface area contributed by atoms with Gasteiger partial charge in [0.25, 0.3) is 0 Å². The molecule has 0 saturated carbocycles. The summed E-state index contributed by atoms with van der Waals surface area (Å²) in [4.78, 5) is 16.3. The molecule has 0 aromatic heterocycles. The number of nitrogens with zero attached hydrogens (tertiary/aromatic N) is 2. The summed E-state index contributed by atoms with van der Waals surface area (Å²) in [5, 5.41) is 0.545. The molecule has 3 heterocycles. The molecule has 0 radical (unpaired) electrons. The zero-order chi connectivity index (χ0) is 22.1. The third-order valence-corrected chi connectivity index (χ3v) is 10.5. The standard InChI is InChI=1S/C23H27ClN2O3S2/c1-18-2-8-21(9-3-18)30-17-26(16-22(27)19-4-6-20(24)7-5-19)31(28,29)23-10-13-25(14-11-23)15-12-23/h2-9H,10-17H2,1H3. The van der Waals surface area contributed by atoms with E-state index < -0.39 is 14.8 Å². The van der Waals surface area contributed by atoms with Crippen molar-refractivity contribution in [2.24, 2.45) is 0 Å². The van der Waals surface area contributed by atoms with Crippen molar-refractivity contribution in [3.05, 3.63) is 64.7 Å². The normalized spacial score (nSPS) is 23.3. The molecular weight excluding hydrogens is 452 g/mol. The summed E-state index contributed by atoms with van der Waals surface area (Å²) in [6, 6.07) is 14.6. The fourth-order valence-electron chi connectivity index (χ4n) is 4.33. The Hall–Kier alpha value is -1.38. The zero-order valence-corrected chi connectivity index (χ0v) is 20.0.